The zero-order chi connectivity index (χ0) is 15.4. The molecule has 0 spiro atoms. The van der Waals surface area contributed by atoms with Crippen molar-refractivity contribution in [3.8, 4) is 11.3 Å². The van der Waals surface area contributed by atoms with Gasteiger partial charge >= 0.3 is 5.97 Å². The van der Waals surface area contributed by atoms with Crippen LogP contribution >= 0.6 is 12.6 Å². The summed E-state index contributed by atoms with van der Waals surface area (Å²) in [5.74, 6) is 0.481. The molecular weight excluding hydrogens is 286 g/mol. The minimum Gasteiger partial charge on any atom is -0.480 e. The maximum absolute atomic E-state index is 11.1. The molecular formula is C16H19NO3S. The van der Waals surface area contributed by atoms with Crippen LogP contribution in [0.15, 0.2) is 40.8 Å². The number of carbonyl (C=O) groups is 1. The van der Waals surface area contributed by atoms with E-state index in [9.17, 15) is 4.79 Å². The van der Waals surface area contributed by atoms with Crippen LogP contribution in [-0.2, 0) is 11.3 Å². The Bertz CT molecular complexity index is 609. The lowest BCUT2D eigenvalue weighted by atomic mass is 10.0. The summed E-state index contributed by atoms with van der Waals surface area (Å²) in [7, 11) is 0. The van der Waals surface area contributed by atoms with Crippen molar-refractivity contribution >= 4 is 18.6 Å². The van der Waals surface area contributed by atoms with Gasteiger partial charge in [0.1, 0.15) is 17.6 Å². The number of furan rings is 1. The highest BCUT2D eigenvalue weighted by molar-refractivity contribution is 7.80. The molecule has 2 unspecified atom stereocenters. The van der Waals surface area contributed by atoms with Crippen molar-refractivity contribution in [1.82, 2.24) is 5.32 Å². The minimum absolute atomic E-state index is 0.473. The molecule has 0 radical (unpaired) electrons. The van der Waals surface area contributed by atoms with Gasteiger partial charge in [0.15, 0.2) is 0 Å². The number of rotatable bonds is 2. The first kappa shape index (κ1) is 15.7. The maximum atomic E-state index is 11.1. The van der Waals surface area contributed by atoms with Gasteiger partial charge in [-0.1, -0.05) is 44.2 Å². The van der Waals surface area contributed by atoms with Gasteiger partial charge in [-0.25, -0.2) is 0 Å². The Labute approximate surface area is 129 Å². The molecule has 21 heavy (non-hydrogen) atoms. The number of aliphatic carboxylic acids is 1. The summed E-state index contributed by atoms with van der Waals surface area (Å²) in [6.07, 6.45) is 0. The van der Waals surface area contributed by atoms with E-state index in [0.717, 1.165) is 16.9 Å². The molecule has 0 aliphatic carbocycles. The second-order valence-electron chi connectivity index (χ2n) is 4.51. The fourth-order valence-electron chi connectivity index (χ4n) is 2.28. The molecule has 1 aromatic carbocycles. The quantitative estimate of drug-likeness (QED) is 0.743. The predicted octanol–water partition coefficient (Wildman–Crippen LogP) is 3.50. The largest absolute Gasteiger partial charge is 0.480 e. The van der Waals surface area contributed by atoms with Crippen molar-refractivity contribution in [2.75, 3.05) is 0 Å². The third-order valence-electron chi connectivity index (χ3n) is 3.26. The van der Waals surface area contributed by atoms with Gasteiger partial charge in [-0.05, 0) is 6.07 Å². The number of fused-ring (bicyclic) bond motifs is 1. The molecule has 0 saturated carbocycles. The number of thiol groups is 1. The first-order valence-corrected chi connectivity index (χ1v) is 7.51. The van der Waals surface area contributed by atoms with Gasteiger partial charge < -0.3 is 9.52 Å². The zero-order valence-corrected chi connectivity index (χ0v) is 12.9. The van der Waals surface area contributed by atoms with Crippen LogP contribution in [-0.4, -0.2) is 17.1 Å². The van der Waals surface area contributed by atoms with Crippen molar-refractivity contribution < 1.29 is 14.3 Å². The molecule has 2 heterocycles. The highest BCUT2D eigenvalue weighted by Crippen LogP contribution is 2.36. The summed E-state index contributed by atoms with van der Waals surface area (Å²) in [5, 5.41) is 11.6. The van der Waals surface area contributed by atoms with Gasteiger partial charge in [-0.2, -0.15) is 12.6 Å². The molecule has 4 nitrogen and oxygen atoms in total. The van der Waals surface area contributed by atoms with Crippen molar-refractivity contribution in [1.29, 1.82) is 0 Å². The average molecular weight is 305 g/mol. The summed E-state index contributed by atoms with van der Waals surface area (Å²) >= 11 is 4.36. The SMILES string of the molecule is CC.O=C(O)C1NCc2cc(-c3ccccc3)oc2C1S. The summed E-state index contributed by atoms with van der Waals surface area (Å²) in [4.78, 5) is 11.1. The Morgan fingerprint density at radius 3 is 2.62 bits per heavy atom. The second-order valence-corrected chi connectivity index (χ2v) is 5.06. The highest BCUT2D eigenvalue weighted by atomic mass is 32.1. The van der Waals surface area contributed by atoms with Crippen LogP contribution < -0.4 is 5.32 Å². The lowest BCUT2D eigenvalue weighted by molar-refractivity contribution is -0.139. The number of hydrogen-bond donors (Lipinski definition) is 3. The molecule has 0 saturated heterocycles. The molecule has 1 aromatic heterocycles. The number of carboxylic acid groups (broad SMARTS) is 1. The molecule has 2 aromatic rings. The van der Waals surface area contributed by atoms with Crippen molar-refractivity contribution in [2.24, 2.45) is 0 Å². The molecule has 1 aliphatic rings. The van der Waals surface area contributed by atoms with Crippen molar-refractivity contribution in [3.05, 3.63) is 47.7 Å². The monoisotopic (exact) mass is 305 g/mol. The number of hydrogen-bond acceptors (Lipinski definition) is 4. The van der Waals surface area contributed by atoms with E-state index < -0.39 is 17.3 Å². The molecule has 1 aliphatic heterocycles. The highest BCUT2D eigenvalue weighted by Gasteiger charge is 2.35. The standard InChI is InChI=1S/C14H13NO3S.C2H6/c16-14(17)11-13(19)12-9(7-15-11)6-10(18-12)8-4-2-1-3-5-8;1-2/h1-6,11,13,15,19H,7H2,(H,16,17);1-2H3. The van der Waals surface area contributed by atoms with E-state index >= 15 is 0 Å². The molecule has 2 N–H and O–H groups in total. The Morgan fingerprint density at radius 1 is 1.33 bits per heavy atom. The minimum atomic E-state index is -0.914. The lowest BCUT2D eigenvalue weighted by Crippen LogP contribution is -2.42. The molecule has 3 rings (SSSR count). The molecule has 0 amide bonds. The fraction of sp³-hybridized carbons (Fsp3) is 0.312. The Hall–Kier alpha value is -1.72. The van der Waals surface area contributed by atoms with E-state index in [2.05, 4.69) is 17.9 Å². The summed E-state index contributed by atoms with van der Waals surface area (Å²) in [6.45, 7) is 4.49. The van der Waals surface area contributed by atoms with Crippen LogP contribution in [0.1, 0.15) is 30.4 Å². The number of nitrogens with one attached hydrogen (secondary N) is 1. The normalized spacial score (nSPS) is 20.1. The van der Waals surface area contributed by atoms with Gasteiger partial charge in [-0.3, -0.25) is 10.1 Å². The first-order valence-electron chi connectivity index (χ1n) is 6.99. The van der Waals surface area contributed by atoms with E-state index in [1.54, 1.807) is 0 Å². The molecule has 112 valence electrons. The second kappa shape index (κ2) is 6.83. The summed E-state index contributed by atoms with van der Waals surface area (Å²) in [5.41, 5.74) is 1.95. The van der Waals surface area contributed by atoms with Crippen LogP contribution in [0.25, 0.3) is 11.3 Å². The zero-order valence-electron chi connectivity index (χ0n) is 12.0. The molecule has 0 fully saturated rings. The van der Waals surface area contributed by atoms with E-state index in [4.69, 9.17) is 9.52 Å². The topological polar surface area (TPSA) is 62.5 Å². The van der Waals surface area contributed by atoms with Gasteiger partial charge in [0.2, 0.25) is 0 Å². The molecule has 5 heteroatoms. The van der Waals surface area contributed by atoms with Crippen LogP contribution in [0.2, 0.25) is 0 Å². The van der Waals surface area contributed by atoms with Crippen LogP contribution in [0, 0.1) is 0 Å². The van der Waals surface area contributed by atoms with Crippen LogP contribution in [0.5, 0.6) is 0 Å². The van der Waals surface area contributed by atoms with E-state index in [1.807, 2.05) is 50.2 Å². The van der Waals surface area contributed by atoms with Crippen LogP contribution in [0.4, 0.5) is 0 Å². The lowest BCUT2D eigenvalue weighted by Gasteiger charge is -2.24. The Balaban J connectivity index is 0.000000774. The fourth-order valence-corrected chi connectivity index (χ4v) is 2.73. The summed E-state index contributed by atoms with van der Waals surface area (Å²) in [6, 6.07) is 11.0. The Morgan fingerprint density at radius 2 is 2.00 bits per heavy atom. The third-order valence-corrected chi connectivity index (χ3v) is 3.80. The van der Waals surface area contributed by atoms with E-state index in [1.165, 1.54) is 0 Å². The van der Waals surface area contributed by atoms with Gasteiger partial charge in [0.25, 0.3) is 0 Å². The summed E-state index contributed by atoms with van der Waals surface area (Å²) < 4.78 is 5.81. The van der Waals surface area contributed by atoms with Crippen LogP contribution in [0.3, 0.4) is 0 Å². The predicted molar refractivity (Wildman–Crippen MR) is 85.5 cm³/mol. The maximum Gasteiger partial charge on any atom is 0.322 e. The van der Waals surface area contributed by atoms with Gasteiger partial charge in [0, 0.05) is 17.7 Å². The van der Waals surface area contributed by atoms with Crippen molar-refractivity contribution in [3.63, 3.8) is 0 Å². The van der Waals surface area contributed by atoms with Crippen molar-refractivity contribution in [2.45, 2.75) is 31.7 Å². The molecule has 2 atom stereocenters. The number of benzene rings is 1. The van der Waals surface area contributed by atoms with E-state index in [0.29, 0.717) is 12.3 Å². The van der Waals surface area contributed by atoms with Gasteiger partial charge in [0.05, 0.1) is 5.25 Å². The van der Waals surface area contributed by atoms with E-state index in [-0.39, 0.29) is 0 Å². The Kier molecular flexibility index (Phi) is 5.09. The number of carboxylic acids is 1. The first-order chi connectivity index (χ1) is 10.2. The molecule has 0 bridgehead atoms. The smallest absolute Gasteiger partial charge is 0.322 e. The average Bonchev–Trinajstić information content (AvgIpc) is 2.95. The third kappa shape index (κ3) is 3.14. The van der Waals surface area contributed by atoms with Gasteiger partial charge in [-0.15, -0.1) is 0 Å².